The number of aryl methyl sites for hydroxylation is 1. The van der Waals surface area contributed by atoms with Crippen LogP contribution in [0.3, 0.4) is 0 Å². The summed E-state index contributed by atoms with van der Waals surface area (Å²) in [5.74, 6) is 0.833. The number of benzene rings is 1. The van der Waals surface area contributed by atoms with Crippen molar-refractivity contribution in [2.45, 2.75) is 31.2 Å². The van der Waals surface area contributed by atoms with E-state index in [1.165, 1.54) is 0 Å². The van der Waals surface area contributed by atoms with E-state index in [9.17, 15) is 0 Å². The summed E-state index contributed by atoms with van der Waals surface area (Å²) in [5, 5.41) is 8.26. The fourth-order valence-corrected chi connectivity index (χ4v) is 3.72. The quantitative estimate of drug-likeness (QED) is 0.244. The first-order chi connectivity index (χ1) is 12.5. The number of guanidine groups is 1. The Morgan fingerprint density at radius 3 is 2.52 bits per heavy atom. The molecule has 1 aromatic rings. The molecule has 5 nitrogen and oxygen atoms in total. The normalized spacial score (nSPS) is 16.7. The molecule has 1 aliphatic heterocycles. The first-order valence-electron chi connectivity index (χ1n) is 9.10. The minimum Gasteiger partial charge on any atom is -0.381 e. The SMILES string of the molecule is CN=C(NCCCc1ccc(Cl)cc1Cl)NCC1(N(C)C)CCOCC1.I. The van der Waals surface area contributed by atoms with Crippen LogP contribution in [0.5, 0.6) is 0 Å². The van der Waals surface area contributed by atoms with Crippen molar-refractivity contribution in [2.75, 3.05) is 47.4 Å². The van der Waals surface area contributed by atoms with Gasteiger partial charge in [-0.2, -0.15) is 0 Å². The number of rotatable bonds is 7. The molecule has 2 N–H and O–H groups in total. The van der Waals surface area contributed by atoms with Gasteiger partial charge in [-0.3, -0.25) is 4.99 Å². The van der Waals surface area contributed by atoms with Gasteiger partial charge in [0.25, 0.3) is 0 Å². The highest BCUT2D eigenvalue weighted by Crippen LogP contribution is 2.25. The third-order valence-corrected chi connectivity index (χ3v) is 5.70. The molecule has 0 unspecified atom stereocenters. The van der Waals surface area contributed by atoms with Crippen LogP contribution < -0.4 is 10.6 Å². The zero-order valence-corrected chi connectivity index (χ0v) is 20.2. The Kier molecular flexibility index (Phi) is 11.3. The number of hydrogen-bond donors (Lipinski definition) is 2. The summed E-state index contributed by atoms with van der Waals surface area (Å²) in [6.07, 6.45) is 3.92. The Hall–Kier alpha value is -0.280. The van der Waals surface area contributed by atoms with Crippen LogP contribution in [0.15, 0.2) is 23.2 Å². The van der Waals surface area contributed by atoms with Crippen molar-refractivity contribution in [1.82, 2.24) is 15.5 Å². The molecule has 2 rings (SSSR count). The molecule has 1 aliphatic rings. The number of aliphatic imine (C=N–C) groups is 1. The van der Waals surface area contributed by atoms with Gasteiger partial charge < -0.3 is 20.3 Å². The van der Waals surface area contributed by atoms with Gasteiger partial charge in [0.05, 0.1) is 0 Å². The molecule has 8 heteroatoms. The number of hydrogen-bond acceptors (Lipinski definition) is 3. The summed E-state index contributed by atoms with van der Waals surface area (Å²) in [5.41, 5.74) is 1.24. The second-order valence-electron chi connectivity index (χ2n) is 6.92. The van der Waals surface area contributed by atoms with E-state index < -0.39 is 0 Å². The highest BCUT2D eigenvalue weighted by Gasteiger charge is 2.34. The average molecular weight is 529 g/mol. The molecular formula is C19H31Cl2IN4O. The molecule has 0 aromatic heterocycles. The highest BCUT2D eigenvalue weighted by atomic mass is 127. The van der Waals surface area contributed by atoms with Gasteiger partial charge in [0.1, 0.15) is 0 Å². The molecule has 1 heterocycles. The third-order valence-electron chi connectivity index (χ3n) is 5.11. The maximum atomic E-state index is 6.22. The smallest absolute Gasteiger partial charge is 0.191 e. The van der Waals surface area contributed by atoms with E-state index in [1.807, 2.05) is 12.1 Å². The van der Waals surface area contributed by atoms with Crippen LogP contribution in [-0.4, -0.2) is 63.8 Å². The number of halogens is 3. The van der Waals surface area contributed by atoms with Crippen molar-refractivity contribution in [3.05, 3.63) is 33.8 Å². The monoisotopic (exact) mass is 528 g/mol. The number of ether oxygens (including phenoxy) is 1. The third kappa shape index (κ3) is 7.57. The van der Waals surface area contributed by atoms with Gasteiger partial charge in [-0.15, -0.1) is 24.0 Å². The van der Waals surface area contributed by atoms with Crippen molar-refractivity contribution in [3.8, 4) is 0 Å². The lowest BCUT2D eigenvalue weighted by Crippen LogP contribution is -2.57. The van der Waals surface area contributed by atoms with Crippen molar-refractivity contribution >= 4 is 53.1 Å². The Morgan fingerprint density at radius 2 is 1.93 bits per heavy atom. The maximum absolute atomic E-state index is 6.22. The average Bonchev–Trinajstić information content (AvgIpc) is 2.63. The molecule has 1 saturated heterocycles. The van der Waals surface area contributed by atoms with Gasteiger partial charge in [0.15, 0.2) is 5.96 Å². The minimum absolute atomic E-state index is 0. The fourth-order valence-electron chi connectivity index (χ4n) is 3.21. The minimum atomic E-state index is 0. The molecule has 154 valence electrons. The zero-order chi connectivity index (χ0) is 19.0. The molecule has 0 radical (unpaired) electrons. The Balaban J connectivity index is 0.00000364. The van der Waals surface area contributed by atoms with E-state index in [4.69, 9.17) is 27.9 Å². The largest absolute Gasteiger partial charge is 0.381 e. The van der Waals surface area contributed by atoms with Crippen LogP contribution in [0.2, 0.25) is 10.0 Å². The van der Waals surface area contributed by atoms with Crippen LogP contribution >= 0.6 is 47.2 Å². The molecule has 27 heavy (non-hydrogen) atoms. The maximum Gasteiger partial charge on any atom is 0.191 e. The predicted molar refractivity (Wildman–Crippen MR) is 126 cm³/mol. The van der Waals surface area contributed by atoms with Crippen molar-refractivity contribution in [1.29, 1.82) is 0 Å². The van der Waals surface area contributed by atoms with Crippen LogP contribution in [0.1, 0.15) is 24.8 Å². The van der Waals surface area contributed by atoms with E-state index in [1.54, 1.807) is 13.1 Å². The molecule has 1 aromatic carbocycles. The number of nitrogens with one attached hydrogen (secondary N) is 2. The lowest BCUT2D eigenvalue weighted by Gasteiger charge is -2.43. The molecule has 0 saturated carbocycles. The van der Waals surface area contributed by atoms with Crippen molar-refractivity contribution in [3.63, 3.8) is 0 Å². The highest BCUT2D eigenvalue weighted by molar-refractivity contribution is 14.0. The summed E-state index contributed by atoms with van der Waals surface area (Å²) in [4.78, 5) is 6.64. The van der Waals surface area contributed by atoms with E-state index in [0.29, 0.717) is 5.02 Å². The lowest BCUT2D eigenvalue weighted by atomic mass is 9.88. The summed E-state index contributed by atoms with van der Waals surface area (Å²) in [7, 11) is 6.08. The molecule has 0 atom stereocenters. The summed E-state index contributed by atoms with van der Waals surface area (Å²) < 4.78 is 5.53. The first-order valence-corrected chi connectivity index (χ1v) is 9.86. The molecule has 0 amide bonds. The van der Waals surface area contributed by atoms with Gasteiger partial charge in [-0.05, 0) is 57.5 Å². The second-order valence-corrected chi connectivity index (χ2v) is 7.77. The Morgan fingerprint density at radius 1 is 1.22 bits per heavy atom. The summed E-state index contributed by atoms with van der Waals surface area (Å²) >= 11 is 12.2. The molecular weight excluding hydrogens is 498 g/mol. The number of nitrogens with zero attached hydrogens (tertiary/aromatic N) is 2. The van der Waals surface area contributed by atoms with E-state index in [-0.39, 0.29) is 29.5 Å². The summed E-state index contributed by atoms with van der Waals surface area (Å²) in [6, 6.07) is 5.66. The molecule has 0 spiro atoms. The van der Waals surface area contributed by atoms with Crippen LogP contribution in [0, 0.1) is 0 Å². The van der Waals surface area contributed by atoms with Crippen LogP contribution in [0.25, 0.3) is 0 Å². The van der Waals surface area contributed by atoms with Gasteiger partial charge >= 0.3 is 0 Å². The molecule has 0 bridgehead atoms. The molecule has 1 fully saturated rings. The van der Waals surface area contributed by atoms with Gasteiger partial charge in [-0.25, -0.2) is 0 Å². The van der Waals surface area contributed by atoms with Gasteiger partial charge in [0.2, 0.25) is 0 Å². The van der Waals surface area contributed by atoms with Crippen molar-refractivity contribution in [2.24, 2.45) is 4.99 Å². The Bertz CT molecular complexity index is 607. The van der Waals surface area contributed by atoms with Crippen LogP contribution in [-0.2, 0) is 11.2 Å². The zero-order valence-electron chi connectivity index (χ0n) is 16.4. The molecule has 0 aliphatic carbocycles. The summed E-state index contributed by atoms with van der Waals surface area (Å²) in [6.45, 7) is 3.31. The Labute approximate surface area is 190 Å². The van der Waals surface area contributed by atoms with E-state index in [2.05, 4.69) is 34.6 Å². The topological polar surface area (TPSA) is 48.9 Å². The lowest BCUT2D eigenvalue weighted by molar-refractivity contribution is -0.00501. The van der Waals surface area contributed by atoms with Crippen LogP contribution in [0.4, 0.5) is 0 Å². The van der Waals surface area contributed by atoms with Crippen molar-refractivity contribution < 1.29 is 4.74 Å². The standard InChI is InChI=1S/C19H30Cl2N4O.HI/c1-22-18(24-14-19(25(2)3)8-11-26-12-9-19)23-10-4-5-15-6-7-16(20)13-17(15)21;/h6-7,13H,4-5,8-12,14H2,1-3H3,(H2,22,23,24);1H. The first kappa shape index (κ1) is 24.8. The number of likely N-dealkylation sites (N-methyl/N-ethyl adjacent to an activating group) is 1. The predicted octanol–water partition coefficient (Wildman–Crippen LogP) is 3.82. The van der Waals surface area contributed by atoms with Gasteiger partial charge in [0, 0.05) is 48.9 Å². The fraction of sp³-hybridized carbons (Fsp3) is 0.632. The van der Waals surface area contributed by atoms with E-state index in [0.717, 1.165) is 68.5 Å². The second kappa shape index (κ2) is 12.3. The van der Waals surface area contributed by atoms with E-state index >= 15 is 0 Å². The van der Waals surface area contributed by atoms with Gasteiger partial charge in [-0.1, -0.05) is 29.3 Å².